The molecule has 6 heterocycles. The van der Waals surface area contributed by atoms with Crippen molar-refractivity contribution in [2.45, 2.75) is 88.0 Å². The van der Waals surface area contributed by atoms with E-state index < -0.39 is 38.1 Å². The monoisotopic (exact) mass is 873 g/mol. The van der Waals surface area contributed by atoms with Crippen LogP contribution in [0.3, 0.4) is 0 Å². The molecule has 5 fully saturated rings. The number of ether oxygens (including phenoxy) is 1. The van der Waals surface area contributed by atoms with Crippen LogP contribution < -0.4 is 5.32 Å². The molecule has 17 heteroatoms. The van der Waals surface area contributed by atoms with E-state index in [0.29, 0.717) is 35.2 Å². The second-order valence-corrected chi connectivity index (χ2v) is 20.0. The van der Waals surface area contributed by atoms with Crippen LogP contribution in [0.15, 0.2) is 59.5 Å². The van der Waals surface area contributed by atoms with E-state index in [1.807, 2.05) is 33.8 Å². The lowest BCUT2D eigenvalue weighted by Gasteiger charge is -2.40. The maximum Gasteiger partial charge on any atom is 0.410 e. The molecule has 2 aromatic heterocycles. The maximum atomic E-state index is 17.4. The molecule has 1 saturated carbocycles. The van der Waals surface area contributed by atoms with Gasteiger partial charge < -0.3 is 19.5 Å². The fourth-order valence-corrected chi connectivity index (χ4v) is 12.2. The van der Waals surface area contributed by atoms with Gasteiger partial charge in [0.05, 0.1) is 44.7 Å². The van der Waals surface area contributed by atoms with Crippen molar-refractivity contribution in [2.24, 2.45) is 11.8 Å². The van der Waals surface area contributed by atoms with Crippen LogP contribution in [0, 0.1) is 46.0 Å². The number of nitrogens with one attached hydrogen (secondary N) is 1. The minimum absolute atomic E-state index is 0.0455. The Morgan fingerprint density at radius 1 is 1.08 bits per heavy atom. The number of nitro groups is 1. The van der Waals surface area contributed by atoms with E-state index in [9.17, 15) is 28.6 Å². The Morgan fingerprint density at radius 3 is 2.58 bits per heavy atom. The fraction of sp³-hybridized carbons (Fsp3) is 0.419. The van der Waals surface area contributed by atoms with Crippen LogP contribution in [0.2, 0.25) is 10.0 Å². The predicted octanol–water partition coefficient (Wildman–Crippen LogP) is 8.88. The van der Waals surface area contributed by atoms with Crippen LogP contribution in [-0.2, 0) is 21.2 Å². The summed E-state index contributed by atoms with van der Waals surface area (Å²) in [6.07, 6.45) is 1.34. The molecule has 4 saturated heterocycles. The summed E-state index contributed by atoms with van der Waals surface area (Å²) in [5, 5.41) is 27.1. The van der Waals surface area contributed by atoms with Gasteiger partial charge in [-0.15, -0.1) is 0 Å². The molecule has 5 aromatic rings. The van der Waals surface area contributed by atoms with Crippen molar-refractivity contribution in [2.75, 3.05) is 19.6 Å². The highest BCUT2D eigenvalue weighted by atomic mass is 35.5. The van der Waals surface area contributed by atoms with Gasteiger partial charge >= 0.3 is 6.09 Å². The number of para-hydroxylation sites is 1. The van der Waals surface area contributed by atoms with Crippen LogP contribution >= 0.6 is 23.2 Å². The number of pyridine rings is 1. The molecule has 5 aliphatic rings. The third-order valence-electron chi connectivity index (χ3n) is 12.6. The number of benzene rings is 3. The van der Waals surface area contributed by atoms with Gasteiger partial charge in [-0.1, -0.05) is 47.5 Å². The molecule has 60 heavy (non-hydrogen) atoms. The molecule has 4 aliphatic heterocycles. The fourth-order valence-electron chi connectivity index (χ4n) is 10.1. The number of nitriles is 1. The van der Waals surface area contributed by atoms with Crippen molar-refractivity contribution >= 4 is 66.8 Å². The molecule has 312 valence electrons. The highest BCUT2D eigenvalue weighted by Crippen LogP contribution is 2.54. The summed E-state index contributed by atoms with van der Waals surface area (Å²) in [7, 11) is -4.24. The first kappa shape index (κ1) is 40.6. The molecule has 1 amide bonds. The molecule has 4 bridgehead atoms. The molecular formula is C43H42Cl2FN7O6S. The number of halogens is 3. The predicted molar refractivity (Wildman–Crippen MR) is 225 cm³/mol. The van der Waals surface area contributed by atoms with Crippen LogP contribution in [-0.4, -0.2) is 75.5 Å². The largest absolute Gasteiger partial charge is 0.444 e. The Kier molecular flexibility index (Phi) is 9.91. The van der Waals surface area contributed by atoms with Gasteiger partial charge in [0.15, 0.2) is 10.7 Å². The second-order valence-electron chi connectivity index (χ2n) is 17.3. The number of carbonyl (C=O) groups is 1. The lowest BCUT2D eigenvalue weighted by Crippen LogP contribution is -2.45. The van der Waals surface area contributed by atoms with E-state index in [2.05, 4.69) is 22.0 Å². The Labute approximate surface area is 356 Å². The average Bonchev–Trinajstić information content (AvgIpc) is 3.96. The van der Waals surface area contributed by atoms with Gasteiger partial charge in [-0.25, -0.2) is 22.6 Å². The Balaban J connectivity index is 1.22. The summed E-state index contributed by atoms with van der Waals surface area (Å²) in [5.41, 5.74) is 2.26. The maximum absolute atomic E-state index is 17.4. The minimum Gasteiger partial charge on any atom is -0.444 e. The molecular weight excluding hydrogens is 832 g/mol. The summed E-state index contributed by atoms with van der Waals surface area (Å²) >= 11 is 13.1. The summed E-state index contributed by atoms with van der Waals surface area (Å²) in [5.74, 6) is -0.784. The quantitative estimate of drug-likeness (QED) is 0.119. The van der Waals surface area contributed by atoms with Crippen LogP contribution in [0.1, 0.15) is 69.1 Å². The topological polar surface area (TPSA) is 164 Å². The van der Waals surface area contributed by atoms with E-state index >= 15 is 4.39 Å². The van der Waals surface area contributed by atoms with Crippen molar-refractivity contribution in [3.8, 4) is 17.2 Å². The molecule has 10 rings (SSSR count). The molecule has 3 aromatic carbocycles. The Morgan fingerprint density at radius 2 is 1.85 bits per heavy atom. The van der Waals surface area contributed by atoms with Gasteiger partial charge in [-0.05, 0) is 82.7 Å². The van der Waals surface area contributed by atoms with Gasteiger partial charge in [-0.3, -0.25) is 10.1 Å². The summed E-state index contributed by atoms with van der Waals surface area (Å²) in [6, 6.07) is 15.5. The third kappa shape index (κ3) is 6.50. The molecule has 0 spiro atoms. The highest BCUT2D eigenvalue weighted by molar-refractivity contribution is 7.89. The smallest absolute Gasteiger partial charge is 0.410 e. The first-order chi connectivity index (χ1) is 28.5. The minimum atomic E-state index is -4.24. The van der Waals surface area contributed by atoms with Gasteiger partial charge in [0.2, 0.25) is 10.0 Å². The first-order valence-electron chi connectivity index (χ1n) is 20.0. The summed E-state index contributed by atoms with van der Waals surface area (Å²) in [6.45, 7) is 8.01. The lowest BCUT2D eigenvalue weighted by atomic mass is 9.79. The first-order valence-corrected chi connectivity index (χ1v) is 22.1. The van der Waals surface area contributed by atoms with E-state index in [4.69, 9.17) is 32.9 Å². The van der Waals surface area contributed by atoms with E-state index in [0.717, 1.165) is 23.0 Å². The van der Waals surface area contributed by atoms with Crippen molar-refractivity contribution in [3.63, 3.8) is 0 Å². The lowest BCUT2D eigenvalue weighted by molar-refractivity contribution is -0.387. The van der Waals surface area contributed by atoms with Gasteiger partial charge in [-0.2, -0.15) is 9.57 Å². The number of amides is 1. The summed E-state index contributed by atoms with van der Waals surface area (Å²) < 4.78 is 55.0. The van der Waals surface area contributed by atoms with Crippen molar-refractivity contribution in [1.29, 1.82) is 5.26 Å². The highest BCUT2D eigenvalue weighted by Gasteiger charge is 2.57. The van der Waals surface area contributed by atoms with Crippen LogP contribution in [0.25, 0.3) is 32.9 Å². The van der Waals surface area contributed by atoms with E-state index in [1.54, 1.807) is 23.1 Å². The van der Waals surface area contributed by atoms with Gasteiger partial charge in [0.1, 0.15) is 11.1 Å². The Hall–Kier alpha value is -4.85. The van der Waals surface area contributed by atoms with Crippen LogP contribution in [0.5, 0.6) is 0 Å². The van der Waals surface area contributed by atoms with Crippen molar-refractivity contribution < 1.29 is 27.3 Å². The zero-order chi connectivity index (χ0) is 42.6. The van der Waals surface area contributed by atoms with E-state index in [-0.39, 0.29) is 88.0 Å². The number of fused-ring (bicyclic) bond motifs is 6. The Bertz CT molecular complexity index is 2800. The van der Waals surface area contributed by atoms with Crippen molar-refractivity contribution in [1.82, 2.24) is 24.1 Å². The molecule has 1 N–H and O–H groups in total. The van der Waals surface area contributed by atoms with Gasteiger partial charge in [0.25, 0.3) is 5.69 Å². The second kappa shape index (κ2) is 14.7. The number of nitrogens with zero attached hydrogens (tertiary/aromatic N) is 6. The number of aryl methyl sites for hydroxylation is 2. The number of piperidine rings is 1. The number of carbonyl (C=O) groups excluding carboxylic acids is 1. The molecule has 1 aliphatic carbocycles. The van der Waals surface area contributed by atoms with Crippen LogP contribution in [0.4, 0.5) is 14.9 Å². The molecule has 0 unspecified atom stereocenters. The normalized spacial score (nSPS) is 23.9. The number of rotatable bonds is 8. The number of sulfonamides is 1. The number of aromatic nitrogens is 2. The number of hydrogen-bond acceptors (Lipinski definition) is 9. The summed E-state index contributed by atoms with van der Waals surface area (Å²) in [4.78, 5) is 31.2. The number of nitro benzene ring substituents is 1. The molecule has 0 radical (unpaired) electrons. The standard InChI is InChI=1S/C43H42Cl2FN7O6S/c1-22-28-18-32(38-24-15-26(49-38)21-50(19-24)60(57,58)34-13-6-5-12-31(34)53(55)56)52(40-25-17-33(40)51(20-25)42(54)59-43(2,3)4)41(28)29-16-23(9-8-14-47)35(37(46)39(29)48-22)27-10-7-11-30(44)36(27)45/h5-7,10-13,16,18,24-26,33,38,40,49H,8-9,15,17,19-21H2,1-4H3/t24-,25+,26+,33+,38+,40-/m0/s1. The third-order valence-corrected chi connectivity index (χ3v) is 15.3. The van der Waals surface area contributed by atoms with E-state index in [1.165, 1.54) is 28.6 Å². The zero-order valence-electron chi connectivity index (χ0n) is 33.3. The van der Waals surface area contributed by atoms with Gasteiger partial charge in [0, 0.05) is 77.4 Å². The SMILES string of the molecule is Cc1nc2c(F)c(-c3cccc(Cl)c3Cl)c(CCC#N)cc2c2c1cc([C@@H]1N[C@@H]3C[C@H]1CN(S(=O)(=O)c1ccccc1[N+](=O)[O-])C3)n2[C@H]1[C@@H]2C[C@H]1N(C(=O)OC(C)(C)C)C2. The number of hydrogen-bond donors (Lipinski definition) is 1. The zero-order valence-corrected chi connectivity index (χ0v) is 35.6. The average molecular weight is 875 g/mol. The van der Waals surface area contributed by atoms with Crippen molar-refractivity contribution in [3.05, 3.63) is 97.5 Å². The molecule has 6 atom stereocenters. The molecule has 13 nitrogen and oxygen atoms in total.